The minimum atomic E-state index is -0.0441. The Balaban J connectivity index is 2.12. The maximum absolute atomic E-state index is 6.54. The molecule has 1 saturated carbocycles. The second-order valence-electron chi connectivity index (χ2n) is 6.35. The number of rotatable bonds is 3. The fourth-order valence-electron chi connectivity index (χ4n) is 3.09. The largest absolute Gasteiger partial charge is 0.496 e. The first-order chi connectivity index (χ1) is 8.34. The highest BCUT2D eigenvalue weighted by Gasteiger charge is 2.40. The number of hydrogen-bond donors (Lipinski definition) is 1. The van der Waals surface area contributed by atoms with Gasteiger partial charge in [-0.25, -0.2) is 0 Å². The van der Waals surface area contributed by atoms with Crippen LogP contribution in [0.15, 0.2) is 22.7 Å². The van der Waals surface area contributed by atoms with Crippen LogP contribution in [0.5, 0.6) is 5.75 Å². The Morgan fingerprint density at radius 1 is 1.33 bits per heavy atom. The molecule has 0 spiro atoms. The maximum Gasteiger partial charge on any atom is 0.133 e. The van der Waals surface area contributed by atoms with Gasteiger partial charge in [-0.1, -0.05) is 19.9 Å². The molecule has 100 valence electrons. The third kappa shape index (κ3) is 3.07. The van der Waals surface area contributed by atoms with Crippen molar-refractivity contribution >= 4 is 15.9 Å². The number of halogens is 1. The molecule has 0 heterocycles. The molecule has 0 radical (unpaired) electrons. The van der Waals surface area contributed by atoms with Crippen molar-refractivity contribution in [2.45, 2.75) is 45.1 Å². The Labute approximate surface area is 118 Å². The number of nitrogens with two attached hydrogens (primary N) is 1. The standard InChI is InChI=1S/C15H22BrNO/c1-14(2)6-7-15(17,10-14)9-11-4-5-13(18-3)12(16)8-11/h4-5,8H,6-7,9-10,17H2,1-3H3. The minimum absolute atomic E-state index is 0.0441. The first kappa shape index (κ1) is 13.9. The molecule has 1 aliphatic carbocycles. The van der Waals surface area contributed by atoms with Crippen LogP contribution >= 0.6 is 15.9 Å². The number of hydrogen-bond acceptors (Lipinski definition) is 2. The van der Waals surface area contributed by atoms with Gasteiger partial charge in [0.25, 0.3) is 0 Å². The highest BCUT2D eigenvalue weighted by Crippen LogP contribution is 2.43. The van der Waals surface area contributed by atoms with E-state index in [1.165, 1.54) is 12.0 Å². The summed E-state index contributed by atoms with van der Waals surface area (Å²) in [5.41, 5.74) is 8.16. The van der Waals surface area contributed by atoms with Gasteiger partial charge in [-0.15, -0.1) is 0 Å². The van der Waals surface area contributed by atoms with E-state index in [9.17, 15) is 0 Å². The molecule has 0 aromatic heterocycles. The van der Waals surface area contributed by atoms with Gasteiger partial charge in [0.1, 0.15) is 5.75 Å². The van der Waals surface area contributed by atoms with Crippen LogP contribution in [0.3, 0.4) is 0 Å². The van der Waals surface area contributed by atoms with Gasteiger partial charge in [-0.05, 0) is 64.7 Å². The summed E-state index contributed by atoms with van der Waals surface area (Å²) in [7, 11) is 1.68. The van der Waals surface area contributed by atoms with E-state index < -0.39 is 0 Å². The monoisotopic (exact) mass is 311 g/mol. The average Bonchev–Trinajstić information content (AvgIpc) is 2.53. The van der Waals surface area contributed by atoms with Gasteiger partial charge in [0, 0.05) is 5.54 Å². The molecule has 0 bridgehead atoms. The third-order valence-corrected chi connectivity index (χ3v) is 4.52. The molecule has 1 unspecified atom stereocenters. The van der Waals surface area contributed by atoms with Crippen LogP contribution < -0.4 is 10.5 Å². The molecule has 1 atom stereocenters. The lowest BCUT2D eigenvalue weighted by atomic mass is 9.85. The summed E-state index contributed by atoms with van der Waals surface area (Å²) in [6, 6.07) is 6.24. The van der Waals surface area contributed by atoms with Crippen molar-refractivity contribution < 1.29 is 4.74 Å². The van der Waals surface area contributed by atoms with Crippen molar-refractivity contribution in [3.63, 3.8) is 0 Å². The molecule has 0 aliphatic heterocycles. The van der Waals surface area contributed by atoms with Crippen LogP contribution in [0.25, 0.3) is 0 Å². The number of ether oxygens (including phenoxy) is 1. The first-order valence-corrected chi connectivity index (χ1v) is 7.24. The Bertz CT molecular complexity index is 444. The molecule has 0 saturated heterocycles. The zero-order valence-electron chi connectivity index (χ0n) is 11.4. The molecule has 1 aliphatic rings. The predicted octanol–water partition coefficient (Wildman–Crippen LogP) is 3.91. The fourth-order valence-corrected chi connectivity index (χ4v) is 3.68. The third-order valence-electron chi connectivity index (χ3n) is 3.90. The van der Waals surface area contributed by atoms with E-state index in [2.05, 4.69) is 41.9 Å². The molecule has 1 aromatic carbocycles. The SMILES string of the molecule is COc1ccc(CC2(N)CCC(C)(C)C2)cc1Br. The highest BCUT2D eigenvalue weighted by molar-refractivity contribution is 9.10. The van der Waals surface area contributed by atoms with Crippen molar-refractivity contribution in [3.8, 4) is 5.75 Å². The molecular formula is C15H22BrNO. The summed E-state index contributed by atoms with van der Waals surface area (Å²) >= 11 is 3.53. The van der Waals surface area contributed by atoms with Crippen molar-refractivity contribution in [1.82, 2.24) is 0 Å². The van der Waals surface area contributed by atoms with Gasteiger partial charge in [-0.2, -0.15) is 0 Å². The summed E-state index contributed by atoms with van der Waals surface area (Å²) in [6.45, 7) is 4.62. The summed E-state index contributed by atoms with van der Waals surface area (Å²) in [5.74, 6) is 0.872. The predicted molar refractivity (Wildman–Crippen MR) is 78.9 cm³/mol. The Hall–Kier alpha value is -0.540. The van der Waals surface area contributed by atoms with Crippen LogP contribution in [0.4, 0.5) is 0 Å². The summed E-state index contributed by atoms with van der Waals surface area (Å²) in [4.78, 5) is 0. The molecule has 18 heavy (non-hydrogen) atoms. The quantitative estimate of drug-likeness (QED) is 0.918. The van der Waals surface area contributed by atoms with Gasteiger partial charge in [0.05, 0.1) is 11.6 Å². The van der Waals surface area contributed by atoms with Crippen molar-refractivity contribution in [1.29, 1.82) is 0 Å². The van der Waals surface area contributed by atoms with Gasteiger partial charge < -0.3 is 10.5 Å². The molecule has 3 heteroatoms. The topological polar surface area (TPSA) is 35.2 Å². The molecule has 2 N–H and O–H groups in total. The Morgan fingerprint density at radius 3 is 2.56 bits per heavy atom. The van der Waals surface area contributed by atoms with E-state index in [1.807, 2.05) is 6.07 Å². The molecule has 1 aromatic rings. The molecule has 1 fully saturated rings. The molecule has 2 nitrogen and oxygen atoms in total. The summed E-state index contributed by atoms with van der Waals surface area (Å²) in [6.07, 6.45) is 4.38. The highest BCUT2D eigenvalue weighted by atomic mass is 79.9. The van der Waals surface area contributed by atoms with E-state index in [0.717, 1.165) is 29.5 Å². The van der Waals surface area contributed by atoms with E-state index in [0.29, 0.717) is 5.41 Å². The van der Waals surface area contributed by atoms with Gasteiger partial charge in [0.2, 0.25) is 0 Å². The average molecular weight is 312 g/mol. The van der Waals surface area contributed by atoms with Crippen LogP contribution in [0.2, 0.25) is 0 Å². The second kappa shape index (κ2) is 4.86. The minimum Gasteiger partial charge on any atom is -0.496 e. The fraction of sp³-hybridized carbons (Fsp3) is 0.600. The maximum atomic E-state index is 6.54. The summed E-state index contributed by atoms with van der Waals surface area (Å²) in [5, 5.41) is 0. The van der Waals surface area contributed by atoms with Crippen LogP contribution in [-0.4, -0.2) is 12.6 Å². The normalized spacial score (nSPS) is 26.3. The number of benzene rings is 1. The van der Waals surface area contributed by atoms with Crippen LogP contribution in [0.1, 0.15) is 38.7 Å². The molecule has 2 rings (SSSR count). The molecule has 0 amide bonds. The van der Waals surface area contributed by atoms with Crippen molar-refractivity contribution in [3.05, 3.63) is 28.2 Å². The number of methoxy groups -OCH3 is 1. The van der Waals surface area contributed by atoms with E-state index in [4.69, 9.17) is 10.5 Å². The van der Waals surface area contributed by atoms with E-state index >= 15 is 0 Å². The smallest absolute Gasteiger partial charge is 0.133 e. The van der Waals surface area contributed by atoms with Gasteiger partial charge in [-0.3, -0.25) is 0 Å². The molecular weight excluding hydrogens is 290 g/mol. The second-order valence-corrected chi connectivity index (χ2v) is 7.20. The Morgan fingerprint density at radius 2 is 2.06 bits per heavy atom. The van der Waals surface area contributed by atoms with Crippen LogP contribution in [-0.2, 0) is 6.42 Å². The lowest BCUT2D eigenvalue weighted by Gasteiger charge is -2.26. The van der Waals surface area contributed by atoms with Crippen molar-refractivity contribution in [2.24, 2.45) is 11.1 Å². The summed E-state index contributed by atoms with van der Waals surface area (Å²) < 4.78 is 6.25. The van der Waals surface area contributed by atoms with Crippen LogP contribution in [0, 0.1) is 5.41 Å². The lowest BCUT2D eigenvalue weighted by Crippen LogP contribution is -2.40. The Kier molecular flexibility index (Phi) is 3.75. The van der Waals surface area contributed by atoms with Gasteiger partial charge in [0.15, 0.2) is 0 Å². The van der Waals surface area contributed by atoms with E-state index in [1.54, 1.807) is 7.11 Å². The lowest BCUT2D eigenvalue weighted by molar-refractivity contribution is 0.334. The van der Waals surface area contributed by atoms with E-state index in [-0.39, 0.29) is 5.54 Å². The zero-order valence-corrected chi connectivity index (χ0v) is 13.0. The zero-order chi connectivity index (χ0) is 13.4. The first-order valence-electron chi connectivity index (χ1n) is 6.45. The van der Waals surface area contributed by atoms with Crippen molar-refractivity contribution in [2.75, 3.05) is 7.11 Å². The van der Waals surface area contributed by atoms with Gasteiger partial charge >= 0.3 is 0 Å².